The van der Waals surface area contributed by atoms with Gasteiger partial charge in [0.1, 0.15) is 11.9 Å². The number of aliphatic hydroxyl groups is 1. The highest BCUT2D eigenvalue weighted by Crippen LogP contribution is 2.42. The van der Waals surface area contributed by atoms with Crippen LogP contribution in [0, 0.1) is 11.8 Å². The van der Waals surface area contributed by atoms with E-state index in [0.29, 0.717) is 44.9 Å². The molecular formula is C16H24O6. The van der Waals surface area contributed by atoms with Crippen molar-refractivity contribution in [3.05, 3.63) is 0 Å². The maximum absolute atomic E-state index is 11.8. The summed E-state index contributed by atoms with van der Waals surface area (Å²) in [6.07, 6.45) is 3.58. The monoisotopic (exact) mass is 312 g/mol. The second-order valence-corrected chi connectivity index (χ2v) is 6.38. The molecule has 1 saturated heterocycles. The minimum absolute atomic E-state index is 0.0288. The zero-order chi connectivity index (χ0) is 16.1. The van der Waals surface area contributed by atoms with E-state index in [1.165, 1.54) is 0 Å². The maximum Gasteiger partial charge on any atom is 0.306 e. The Kier molecular flexibility index (Phi) is 5.94. The minimum atomic E-state index is -0.834. The van der Waals surface area contributed by atoms with E-state index in [2.05, 4.69) is 0 Å². The van der Waals surface area contributed by atoms with Gasteiger partial charge in [0.15, 0.2) is 0 Å². The zero-order valence-corrected chi connectivity index (χ0v) is 12.7. The molecule has 2 aliphatic rings. The van der Waals surface area contributed by atoms with Gasteiger partial charge in [-0.3, -0.25) is 14.4 Å². The predicted octanol–water partition coefficient (Wildman–Crippen LogP) is 1.68. The summed E-state index contributed by atoms with van der Waals surface area (Å²) in [5.74, 6) is -0.703. The third-order valence-electron chi connectivity index (χ3n) is 4.81. The standard InChI is InChI=1S/C16H24O6/c17-10(3-1-2-4-15(19)20)5-6-11-12-7-8-16(21)22-14(12)9-13(11)18/h11-14,18H,1-9H2,(H,19,20)/t11?,12-,13-,14?/m1/s1. The van der Waals surface area contributed by atoms with Gasteiger partial charge < -0.3 is 14.9 Å². The number of carbonyl (C=O) groups excluding carboxylic acids is 2. The molecule has 0 aromatic carbocycles. The van der Waals surface area contributed by atoms with Gasteiger partial charge in [0.25, 0.3) is 0 Å². The van der Waals surface area contributed by atoms with Gasteiger partial charge in [-0.05, 0) is 31.6 Å². The van der Waals surface area contributed by atoms with Crippen LogP contribution >= 0.6 is 0 Å². The van der Waals surface area contributed by atoms with Crippen LogP contribution in [0.3, 0.4) is 0 Å². The number of Topliss-reactive ketones (excluding diaryl/α,β-unsaturated/α-hetero) is 1. The number of ether oxygens (including phenoxy) is 1. The number of hydrogen-bond acceptors (Lipinski definition) is 5. The van der Waals surface area contributed by atoms with Crippen molar-refractivity contribution in [2.75, 3.05) is 0 Å². The van der Waals surface area contributed by atoms with Gasteiger partial charge in [-0.25, -0.2) is 0 Å². The quantitative estimate of drug-likeness (QED) is 0.522. The first-order valence-electron chi connectivity index (χ1n) is 8.08. The molecule has 6 heteroatoms. The number of fused-ring (bicyclic) bond motifs is 1. The molecule has 22 heavy (non-hydrogen) atoms. The average Bonchev–Trinajstić information content (AvgIpc) is 2.75. The predicted molar refractivity (Wildman–Crippen MR) is 77.1 cm³/mol. The van der Waals surface area contributed by atoms with Crippen LogP contribution in [0.1, 0.15) is 57.8 Å². The first-order chi connectivity index (χ1) is 10.5. The number of carboxylic acid groups (broad SMARTS) is 1. The highest BCUT2D eigenvalue weighted by Gasteiger charge is 2.46. The lowest BCUT2D eigenvalue weighted by Crippen LogP contribution is -2.31. The van der Waals surface area contributed by atoms with Crippen LogP contribution in [0.15, 0.2) is 0 Å². The summed E-state index contributed by atoms with van der Waals surface area (Å²) in [7, 11) is 0. The fourth-order valence-corrected chi connectivity index (χ4v) is 3.65. The highest BCUT2D eigenvalue weighted by molar-refractivity contribution is 5.78. The van der Waals surface area contributed by atoms with Gasteiger partial charge >= 0.3 is 11.9 Å². The summed E-state index contributed by atoms with van der Waals surface area (Å²) in [4.78, 5) is 33.5. The molecule has 0 bridgehead atoms. The summed E-state index contributed by atoms with van der Waals surface area (Å²) in [5.41, 5.74) is 0. The van der Waals surface area contributed by atoms with Gasteiger partial charge in [-0.2, -0.15) is 0 Å². The molecule has 2 rings (SSSR count). The van der Waals surface area contributed by atoms with E-state index in [1.807, 2.05) is 0 Å². The molecular weight excluding hydrogens is 288 g/mol. The van der Waals surface area contributed by atoms with Crippen LogP contribution in [0.25, 0.3) is 0 Å². The largest absolute Gasteiger partial charge is 0.481 e. The van der Waals surface area contributed by atoms with Crippen molar-refractivity contribution in [1.29, 1.82) is 0 Å². The van der Waals surface area contributed by atoms with Crippen LogP contribution in [0.4, 0.5) is 0 Å². The lowest BCUT2D eigenvalue weighted by molar-refractivity contribution is -0.157. The molecule has 6 nitrogen and oxygen atoms in total. The van der Waals surface area contributed by atoms with Crippen molar-refractivity contribution >= 4 is 17.7 Å². The second-order valence-electron chi connectivity index (χ2n) is 6.38. The van der Waals surface area contributed by atoms with Crippen molar-refractivity contribution < 1.29 is 29.3 Å². The Hall–Kier alpha value is -1.43. The Morgan fingerprint density at radius 3 is 2.64 bits per heavy atom. The average molecular weight is 312 g/mol. The number of carbonyl (C=O) groups is 3. The Balaban J connectivity index is 1.70. The summed E-state index contributed by atoms with van der Waals surface area (Å²) in [6, 6.07) is 0. The normalized spacial score (nSPS) is 30.7. The Morgan fingerprint density at radius 1 is 1.18 bits per heavy atom. The Bertz CT molecular complexity index is 432. The number of carboxylic acids is 1. The van der Waals surface area contributed by atoms with Crippen molar-refractivity contribution in [2.45, 2.75) is 70.0 Å². The van der Waals surface area contributed by atoms with Crippen molar-refractivity contribution in [3.63, 3.8) is 0 Å². The topological polar surface area (TPSA) is 101 Å². The molecule has 2 fully saturated rings. The molecule has 0 radical (unpaired) electrons. The van der Waals surface area contributed by atoms with E-state index in [4.69, 9.17) is 9.84 Å². The Labute approximate surface area is 129 Å². The van der Waals surface area contributed by atoms with E-state index in [0.717, 1.165) is 6.42 Å². The molecule has 1 aliphatic heterocycles. The molecule has 1 aliphatic carbocycles. The molecule has 0 amide bonds. The van der Waals surface area contributed by atoms with E-state index >= 15 is 0 Å². The third-order valence-corrected chi connectivity index (χ3v) is 4.81. The summed E-state index contributed by atoms with van der Waals surface area (Å²) >= 11 is 0. The number of esters is 1. The van der Waals surface area contributed by atoms with E-state index < -0.39 is 12.1 Å². The number of unbranched alkanes of at least 4 members (excludes halogenated alkanes) is 1. The number of aliphatic carboxylic acids is 1. The van der Waals surface area contributed by atoms with Gasteiger partial charge in [-0.15, -0.1) is 0 Å². The molecule has 0 aromatic rings. The van der Waals surface area contributed by atoms with Gasteiger partial charge in [-0.1, -0.05) is 0 Å². The van der Waals surface area contributed by atoms with E-state index in [9.17, 15) is 19.5 Å². The van der Waals surface area contributed by atoms with Gasteiger partial charge in [0.05, 0.1) is 6.10 Å². The van der Waals surface area contributed by atoms with Crippen LogP contribution < -0.4 is 0 Å². The molecule has 2 unspecified atom stereocenters. The van der Waals surface area contributed by atoms with Gasteiger partial charge in [0, 0.05) is 38.0 Å². The van der Waals surface area contributed by atoms with E-state index in [1.54, 1.807) is 0 Å². The third kappa shape index (κ3) is 4.53. The number of ketones is 1. The molecule has 124 valence electrons. The molecule has 1 saturated carbocycles. The van der Waals surface area contributed by atoms with Crippen LogP contribution in [0.2, 0.25) is 0 Å². The summed E-state index contributed by atoms with van der Waals surface area (Å²) in [5, 5.41) is 18.7. The number of rotatable bonds is 8. The zero-order valence-electron chi connectivity index (χ0n) is 12.7. The molecule has 0 aromatic heterocycles. The van der Waals surface area contributed by atoms with Crippen LogP contribution in [-0.2, 0) is 19.1 Å². The first-order valence-corrected chi connectivity index (χ1v) is 8.08. The number of hydrogen-bond donors (Lipinski definition) is 2. The smallest absolute Gasteiger partial charge is 0.306 e. The van der Waals surface area contributed by atoms with Crippen LogP contribution in [0.5, 0.6) is 0 Å². The molecule has 0 spiro atoms. The van der Waals surface area contributed by atoms with Crippen molar-refractivity contribution in [1.82, 2.24) is 0 Å². The lowest BCUT2D eigenvalue weighted by Gasteiger charge is -2.28. The van der Waals surface area contributed by atoms with Crippen LogP contribution in [-0.4, -0.2) is 40.1 Å². The molecule has 2 N–H and O–H groups in total. The fraction of sp³-hybridized carbons (Fsp3) is 0.812. The minimum Gasteiger partial charge on any atom is -0.481 e. The number of aliphatic hydroxyl groups excluding tert-OH is 1. The van der Waals surface area contributed by atoms with Gasteiger partial charge in [0.2, 0.25) is 0 Å². The summed E-state index contributed by atoms with van der Waals surface area (Å²) < 4.78 is 5.28. The lowest BCUT2D eigenvalue weighted by atomic mass is 9.84. The summed E-state index contributed by atoms with van der Waals surface area (Å²) in [6.45, 7) is 0. The second kappa shape index (κ2) is 7.72. The van der Waals surface area contributed by atoms with Crippen molar-refractivity contribution in [2.24, 2.45) is 11.8 Å². The molecule has 4 atom stereocenters. The SMILES string of the molecule is O=C(O)CCCCC(=O)CCC1[C@H]2CCC(=O)OC2C[C@H]1O. The fourth-order valence-electron chi connectivity index (χ4n) is 3.65. The van der Waals surface area contributed by atoms with Crippen molar-refractivity contribution in [3.8, 4) is 0 Å². The maximum atomic E-state index is 11.8. The highest BCUT2D eigenvalue weighted by atomic mass is 16.5. The molecule has 1 heterocycles. The first kappa shape index (κ1) is 16.9. The Morgan fingerprint density at radius 2 is 1.91 bits per heavy atom. The van der Waals surface area contributed by atoms with E-state index in [-0.39, 0.29) is 36.1 Å².